The molecule has 0 saturated heterocycles. The maximum atomic E-state index is 13.2. The lowest BCUT2D eigenvalue weighted by molar-refractivity contribution is -0.156. The van der Waals surface area contributed by atoms with Crippen LogP contribution in [-0.4, -0.2) is 37.1 Å². The SMILES string of the molecule is CCCCC/C=C\C/C=C\CCCCCCCCC(CCCCCCCCC(C)C/C=C\CCCCC)OC(=O)C1CCC(N(C)C)CC1. The summed E-state index contributed by atoms with van der Waals surface area (Å²) in [6.07, 6.45) is 51.8. The molecule has 2 unspecified atom stereocenters. The fourth-order valence-electron chi connectivity index (χ4n) is 7.36. The summed E-state index contributed by atoms with van der Waals surface area (Å²) in [5.41, 5.74) is 0. The number of esters is 1. The zero-order valence-corrected chi connectivity index (χ0v) is 33.8. The molecular formula is C46H85NO2. The van der Waals surface area contributed by atoms with E-state index in [0.29, 0.717) is 6.04 Å². The molecule has 0 N–H and O–H groups in total. The predicted molar refractivity (Wildman–Crippen MR) is 217 cm³/mol. The van der Waals surface area contributed by atoms with Crippen LogP contribution < -0.4 is 0 Å². The molecule has 3 heteroatoms. The molecule has 1 aliphatic rings. The summed E-state index contributed by atoms with van der Waals surface area (Å²) in [6, 6.07) is 0.624. The summed E-state index contributed by atoms with van der Waals surface area (Å²) in [5.74, 6) is 1.04. The van der Waals surface area contributed by atoms with Gasteiger partial charge in [0.2, 0.25) is 0 Å². The molecule has 0 aliphatic heterocycles. The van der Waals surface area contributed by atoms with E-state index in [-0.39, 0.29) is 18.0 Å². The number of allylic oxidation sites excluding steroid dienone is 6. The molecule has 1 rings (SSSR count). The Morgan fingerprint density at radius 1 is 0.592 bits per heavy atom. The monoisotopic (exact) mass is 684 g/mol. The van der Waals surface area contributed by atoms with Crippen LogP contribution in [0.1, 0.15) is 213 Å². The highest BCUT2D eigenvalue weighted by Gasteiger charge is 2.29. The van der Waals surface area contributed by atoms with Crippen LogP contribution in [0.5, 0.6) is 0 Å². The molecule has 1 saturated carbocycles. The van der Waals surface area contributed by atoms with Gasteiger partial charge in [-0.05, 0) is 123 Å². The first-order valence-electron chi connectivity index (χ1n) is 21.8. The first kappa shape index (κ1) is 45.7. The van der Waals surface area contributed by atoms with Gasteiger partial charge in [0.25, 0.3) is 0 Å². The third-order valence-corrected chi connectivity index (χ3v) is 10.9. The van der Waals surface area contributed by atoms with E-state index < -0.39 is 0 Å². The van der Waals surface area contributed by atoms with Crippen molar-refractivity contribution in [2.24, 2.45) is 11.8 Å². The van der Waals surface area contributed by atoms with Crippen molar-refractivity contribution < 1.29 is 9.53 Å². The lowest BCUT2D eigenvalue weighted by Crippen LogP contribution is -2.35. The number of unbranched alkanes of at least 4 members (excludes halogenated alkanes) is 17. The van der Waals surface area contributed by atoms with Crippen LogP contribution >= 0.6 is 0 Å². The summed E-state index contributed by atoms with van der Waals surface area (Å²) in [5, 5.41) is 0. The van der Waals surface area contributed by atoms with Crippen LogP contribution in [0.15, 0.2) is 36.5 Å². The second kappa shape index (κ2) is 33.8. The smallest absolute Gasteiger partial charge is 0.309 e. The summed E-state index contributed by atoms with van der Waals surface area (Å²) >= 11 is 0. The van der Waals surface area contributed by atoms with Gasteiger partial charge < -0.3 is 9.64 Å². The molecule has 0 spiro atoms. The zero-order chi connectivity index (χ0) is 35.6. The molecule has 49 heavy (non-hydrogen) atoms. The highest BCUT2D eigenvalue weighted by molar-refractivity contribution is 5.72. The van der Waals surface area contributed by atoms with Gasteiger partial charge in [-0.15, -0.1) is 0 Å². The second-order valence-electron chi connectivity index (χ2n) is 15.9. The predicted octanol–water partition coefficient (Wildman–Crippen LogP) is 14.5. The van der Waals surface area contributed by atoms with Crippen molar-refractivity contribution in [3.05, 3.63) is 36.5 Å². The third-order valence-electron chi connectivity index (χ3n) is 10.9. The fourth-order valence-corrected chi connectivity index (χ4v) is 7.36. The van der Waals surface area contributed by atoms with Crippen LogP contribution in [-0.2, 0) is 9.53 Å². The van der Waals surface area contributed by atoms with Crippen LogP contribution in [0.3, 0.4) is 0 Å². The molecule has 2 atom stereocenters. The van der Waals surface area contributed by atoms with Gasteiger partial charge in [0.15, 0.2) is 0 Å². The van der Waals surface area contributed by atoms with Crippen molar-refractivity contribution in [3.63, 3.8) is 0 Å². The third kappa shape index (κ3) is 28.0. The molecule has 1 aliphatic carbocycles. The van der Waals surface area contributed by atoms with Gasteiger partial charge in [-0.1, -0.05) is 147 Å². The average molecular weight is 684 g/mol. The zero-order valence-electron chi connectivity index (χ0n) is 33.8. The van der Waals surface area contributed by atoms with Gasteiger partial charge in [-0.3, -0.25) is 4.79 Å². The van der Waals surface area contributed by atoms with E-state index in [1.807, 2.05) is 0 Å². The molecule has 0 aromatic rings. The Morgan fingerprint density at radius 2 is 1.04 bits per heavy atom. The maximum absolute atomic E-state index is 13.2. The first-order valence-corrected chi connectivity index (χ1v) is 21.8. The number of carbonyl (C=O) groups is 1. The van der Waals surface area contributed by atoms with Crippen molar-refractivity contribution in [2.45, 2.75) is 226 Å². The van der Waals surface area contributed by atoms with Crippen molar-refractivity contribution >= 4 is 5.97 Å². The van der Waals surface area contributed by atoms with E-state index in [1.54, 1.807) is 0 Å². The number of nitrogens with zero attached hydrogens (tertiary/aromatic N) is 1. The number of hydrogen-bond acceptors (Lipinski definition) is 3. The molecule has 286 valence electrons. The van der Waals surface area contributed by atoms with E-state index in [1.165, 1.54) is 148 Å². The van der Waals surface area contributed by atoms with Gasteiger partial charge in [0, 0.05) is 6.04 Å². The fraction of sp³-hybridized carbons (Fsp3) is 0.848. The minimum absolute atomic E-state index is 0.104. The van der Waals surface area contributed by atoms with Crippen molar-refractivity contribution in [1.82, 2.24) is 4.90 Å². The minimum Gasteiger partial charge on any atom is -0.462 e. The number of hydrogen-bond donors (Lipinski definition) is 0. The molecule has 0 aromatic carbocycles. The topological polar surface area (TPSA) is 29.5 Å². The highest BCUT2D eigenvalue weighted by atomic mass is 16.5. The van der Waals surface area contributed by atoms with Gasteiger partial charge in [0.1, 0.15) is 6.10 Å². The summed E-state index contributed by atoms with van der Waals surface area (Å²) in [7, 11) is 4.34. The standard InChI is InChI=1S/C46H85NO2/c1-6-8-10-12-14-15-16-17-18-19-20-21-22-23-28-32-36-45(49-46(48)43-38-40-44(41-39-43)47(4)5)37-33-29-25-24-27-31-35-42(3)34-30-26-13-11-9-7-2/h14-15,17-18,26,30,42-45H,6-13,16,19-25,27-29,31-41H2,1-5H3/b15-14-,18-17-,30-26-. The first-order chi connectivity index (χ1) is 24.0. The van der Waals surface area contributed by atoms with Gasteiger partial charge in [-0.2, -0.15) is 0 Å². The Hall–Kier alpha value is -1.35. The van der Waals surface area contributed by atoms with Gasteiger partial charge >= 0.3 is 5.97 Å². The maximum Gasteiger partial charge on any atom is 0.309 e. The van der Waals surface area contributed by atoms with Crippen LogP contribution in [0.4, 0.5) is 0 Å². The van der Waals surface area contributed by atoms with E-state index in [4.69, 9.17) is 4.74 Å². The van der Waals surface area contributed by atoms with E-state index in [9.17, 15) is 4.79 Å². The summed E-state index contributed by atoms with van der Waals surface area (Å²) in [4.78, 5) is 15.5. The van der Waals surface area contributed by atoms with Crippen LogP contribution in [0.2, 0.25) is 0 Å². The molecule has 0 radical (unpaired) electrons. The Labute approximate surface area is 307 Å². The van der Waals surface area contributed by atoms with Crippen molar-refractivity contribution in [3.8, 4) is 0 Å². The highest BCUT2D eigenvalue weighted by Crippen LogP contribution is 2.29. The Kier molecular flexibility index (Phi) is 31.5. The van der Waals surface area contributed by atoms with Gasteiger partial charge in [0.05, 0.1) is 5.92 Å². The molecule has 1 fully saturated rings. The van der Waals surface area contributed by atoms with Crippen molar-refractivity contribution in [1.29, 1.82) is 0 Å². The molecule has 0 bridgehead atoms. The average Bonchev–Trinajstić information content (AvgIpc) is 3.10. The van der Waals surface area contributed by atoms with Crippen LogP contribution in [0.25, 0.3) is 0 Å². The van der Waals surface area contributed by atoms with E-state index in [2.05, 4.69) is 76.2 Å². The van der Waals surface area contributed by atoms with Crippen molar-refractivity contribution in [2.75, 3.05) is 14.1 Å². The normalized spacial score (nSPS) is 18.3. The summed E-state index contributed by atoms with van der Waals surface area (Å²) in [6.45, 7) is 6.96. The Morgan fingerprint density at radius 3 is 1.55 bits per heavy atom. The lowest BCUT2D eigenvalue weighted by Gasteiger charge is -2.32. The lowest BCUT2D eigenvalue weighted by atomic mass is 9.85. The molecule has 0 amide bonds. The number of ether oxygens (including phenoxy) is 1. The van der Waals surface area contributed by atoms with E-state index in [0.717, 1.165) is 50.9 Å². The summed E-state index contributed by atoms with van der Waals surface area (Å²) < 4.78 is 6.27. The number of carbonyl (C=O) groups excluding carboxylic acids is 1. The van der Waals surface area contributed by atoms with Crippen LogP contribution in [0, 0.1) is 11.8 Å². The quantitative estimate of drug-likeness (QED) is 0.0392. The second-order valence-corrected chi connectivity index (χ2v) is 15.9. The van der Waals surface area contributed by atoms with Gasteiger partial charge in [-0.25, -0.2) is 0 Å². The molecule has 0 aromatic heterocycles. The Bertz CT molecular complexity index is 806. The van der Waals surface area contributed by atoms with E-state index >= 15 is 0 Å². The molecule has 0 heterocycles. The number of rotatable bonds is 33. The minimum atomic E-state index is 0.104. The largest absolute Gasteiger partial charge is 0.462 e. The Balaban J connectivity index is 2.25. The molecular weight excluding hydrogens is 599 g/mol. The molecule has 3 nitrogen and oxygen atoms in total.